The van der Waals surface area contributed by atoms with E-state index in [1.165, 1.54) is 15.8 Å². The second-order valence-electron chi connectivity index (χ2n) is 5.83. The predicted molar refractivity (Wildman–Crippen MR) is 102 cm³/mol. The monoisotopic (exact) mass is 377 g/mol. The van der Waals surface area contributed by atoms with Crippen molar-refractivity contribution in [1.82, 2.24) is 4.31 Å². The van der Waals surface area contributed by atoms with Gasteiger partial charge in [0.1, 0.15) is 5.82 Å². The third-order valence-corrected chi connectivity index (χ3v) is 7.02. The summed E-state index contributed by atoms with van der Waals surface area (Å²) in [5, 5.41) is 1.25. The topological polar surface area (TPSA) is 37.4 Å². The van der Waals surface area contributed by atoms with E-state index in [4.69, 9.17) is 0 Å². The predicted octanol–water partition coefficient (Wildman–Crippen LogP) is 4.31. The lowest BCUT2D eigenvalue weighted by molar-refractivity contribution is 0.433. The first-order valence-electron chi connectivity index (χ1n) is 8.15. The summed E-state index contributed by atoms with van der Waals surface area (Å²) in [7, 11) is -3.47. The lowest BCUT2D eigenvalue weighted by Gasteiger charge is -2.18. The molecule has 1 aliphatic rings. The molecule has 1 saturated heterocycles. The van der Waals surface area contributed by atoms with Crippen molar-refractivity contribution in [3.05, 3.63) is 76.9 Å². The quantitative estimate of drug-likeness (QED) is 0.797. The molecule has 0 unspecified atom stereocenters. The summed E-state index contributed by atoms with van der Waals surface area (Å²) in [6.07, 6.45) is 2.21. The van der Waals surface area contributed by atoms with E-state index in [1.54, 1.807) is 30.0 Å². The molecule has 0 amide bonds. The van der Waals surface area contributed by atoms with Crippen LogP contribution in [0.2, 0.25) is 0 Å². The van der Waals surface area contributed by atoms with Gasteiger partial charge in [-0.25, -0.2) is 12.8 Å². The molecule has 0 spiro atoms. The number of nitrogens with zero attached hydrogens (tertiary/aromatic N) is 1. The molecule has 132 valence electrons. The Morgan fingerprint density at radius 3 is 2.52 bits per heavy atom. The van der Waals surface area contributed by atoms with Crippen LogP contribution < -0.4 is 0 Å². The van der Waals surface area contributed by atoms with Crippen molar-refractivity contribution in [3.8, 4) is 0 Å². The fourth-order valence-corrected chi connectivity index (χ4v) is 5.38. The van der Waals surface area contributed by atoms with E-state index < -0.39 is 10.0 Å². The van der Waals surface area contributed by atoms with Crippen LogP contribution in [-0.4, -0.2) is 31.6 Å². The lowest BCUT2D eigenvalue weighted by Crippen LogP contribution is -2.31. The van der Waals surface area contributed by atoms with Gasteiger partial charge in [0, 0.05) is 35.1 Å². The average Bonchev–Trinajstić information content (AvgIpc) is 2.88. The van der Waals surface area contributed by atoms with Gasteiger partial charge in [0.15, 0.2) is 0 Å². The van der Waals surface area contributed by atoms with Crippen molar-refractivity contribution in [2.45, 2.75) is 11.7 Å². The van der Waals surface area contributed by atoms with Gasteiger partial charge >= 0.3 is 0 Å². The number of benzene rings is 2. The maximum atomic E-state index is 14.0. The number of sulfonamides is 1. The highest BCUT2D eigenvalue weighted by Gasteiger charge is 2.26. The van der Waals surface area contributed by atoms with Crippen molar-refractivity contribution >= 4 is 27.9 Å². The smallest absolute Gasteiger partial charge is 0.208 e. The molecule has 2 aromatic carbocycles. The van der Waals surface area contributed by atoms with Crippen molar-refractivity contribution in [2.24, 2.45) is 0 Å². The normalized spacial score (nSPS) is 19.8. The van der Waals surface area contributed by atoms with Crippen LogP contribution in [-0.2, 0) is 10.0 Å². The van der Waals surface area contributed by atoms with Crippen molar-refractivity contribution in [2.75, 3.05) is 18.8 Å². The second kappa shape index (κ2) is 8.17. The third kappa shape index (κ3) is 4.71. The number of rotatable bonds is 4. The summed E-state index contributed by atoms with van der Waals surface area (Å²) >= 11 is 1.62. The molecule has 3 rings (SSSR count). The van der Waals surface area contributed by atoms with Gasteiger partial charge in [-0.2, -0.15) is 16.1 Å². The molecule has 1 aliphatic heterocycles. The van der Waals surface area contributed by atoms with Crippen molar-refractivity contribution in [1.29, 1.82) is 0 Å². The summed E-state index contributed by atoms with van der Waals surface area (Å²) in [6, 6.07) is 16.1. The SMILES string of the molecule is O=S(=O)(/C=C/c1ccccc1)N1CCS[C@H](c2ccccc2F)CC1. The Kier molecular flexibility index (Phi) is 5.93. The van der Waals surface area contributed by atoms with Crippen molar-refractivity contribution < 1.29 is 12.8 Å². The van der Waals surface area contributed by atoms with Gasteiger partial charge in [0.05, 0.1) is 0 Å². The highest BCUT2D eigenvalue weighted by atomic mass is 32.2. The van der Waals surface area contributed by atoms with Crippen LogP contribution in [0.25, 0.3) is 6.08 Å². The van der Waals surface area contributed by atoms with E-state index in [-0.39, 0.29) is 11.1 Å². The van der Waals surface area contributed by atoms with Gasteiger partial charge in [-0.1, -0.05) is 48.5 Å². The van der Waals surface area contributed by atoms with Crippen LogP contribution in [0.15, 0.2) is 60.0 Å². The Bertz CT molecular complexity index is 838. The number of thioether (sulfide) groups is 1. The standard InChI is InChI=1S/C19H20FNO2S2/c20-18-9-5-4-8-17(18)19-10-12-21(13-14-24-19)25(22,23)15-11-16-6-2-1-3-7-16/h1-9,11,15,19H,10,12-14H2/b15-11+/t19-/m0/s1. The van der Waals surface area contributed by atoms with Gasteiger partial charge in [-0.15, -0.1) is 0 Å². The van der Waals surface area contributed by atoms with Gasteiger partial charge in [-0.3, -0.25) is 0 Å². The first-order chi connectivity index (χ1) is 12.1. The Morgan fingerprint density at radius 1 is 1.04 bits per heavy atom. The molecule has 6 heteroatoms. The number of halogens is 1. The molecule has 0 aliphatic carbocycles. The van der Waals surface area contributed by atoms with Crippen LogP contribution in [0.4, 0.5) is 4.39 Å². The van der Waals surface area contributed by atoms with Gasteiger partial charge in [0.25, 0.3) is 0 Å². The third-order valence-electron chi connectivity index (χ3n) is 4.14. The molecular formula is C19H20FNO2S2. The van der Waals surface area contributed by atoms with Gasteiger partial charge in [0.2, 0.25) is 10.0 Å². The van der Waals surface area contributed by atoms with Crippen LogP contribution >= 0.6 is 11.8 Å². The van der Waals surface area contributed by atoms with Gasteiger partial charge < -0.3 is 0 Å². The zero-order valence-corrected chi connectivity index (χ0v) is 15.3. The fourth-order valence-electron chi connectivity index (χ4n) is 2.80. The first kappa shape index (κ1) is 18.2. The summed E-state index contributed by atoms with van der Waals surface area (Å²) < 4.78 is 40.6. The molecule has 0 saturated carbocycles. The van der Waals surface area contributed by atoms with E-state index in [0.717, 1.165) is 5.56 Å². The molecule has 25 heavy (non-hydrogen) atoms. The summed E-state index contributed by atoms with van der Waals surface area (Å²) in [5.41, 5.74) is 1.51. The van der Waals surface area contributed by atoms with Crippen LogP contribution in [0.5, 0.6) is 0 Å². The average molecular weight is 378 g/mol. The molecule has 2 aromatic rings. The summed E-state index contributed by atoms with van der Waals surface area (Å²) in [6.45, 7) is 0.838. The van der Waals surface area contributed by atoms with E-state index in [0.29, 0.717) is 30.8 Å². The molecule has 0 bridgehead atoms. The maximum absolute atomic E-state index is 14.0. The minimum atomic E-state index is -3.47. The van der Waals surface area contributed by atoms with E-state index in [2.05, 4.69) is 0 Å². The minimum Gasteiger partial charge on any atom is -0.208 e. The molecule has 1 fully saturated rings. The first-order valence-corrected chi connectivity index (χ1v) is 10.7. The van der Waals surface area contributed by atoms with E-state index in [9.17, 15) is 12.8 Å². The molecule has 0 radical (unpaired) electrons. The molecule has 1 atom stereocenters. The molecule has 0 aromatic heterocycles. The van der Waals surface area contributed by atoms with E-state index in [1.807, 2.05) is 36.4 Å². The van der Waals surface area contributed by atoms with Gasteiger partial charge in [-0.05, 0) is 24.1 Å². The summed E-state index contributed by atoms with van der Waals surface area (Å²) in [5.74, 6) is 0.428. The Morgan fingerprint density at radius 2 is 1.76 bits per heavy atom. The lowest BCUT2D eigenvalue weighted by atomic mass is 10.1. The zero-order valence-electron chi connectivity index (χ0n) is 13.7. The van der Waals surface area contributed by atoms with Crippen LogP contribution in [0.3, 0.4) is 0 Å². The molecule has 1 heterocycles. The zero-order chi connectivity index (χ0) is 17.7. The number of hydrogen-bond donors (Lipinski definition) is 0. The largest absolute Gasteiger partial charge is 0.236 e. The number of hydrogen-bond acceptors (Lipinski definition) is 3. The van der Waals surface area contributed by atoms with Crippen LogP contribution in [0.1, 0.15) is 22.8 Å². The van der Waals surface area contributed by atoms with Crippen molar-refractivity contribution in [3.63, 3.8) is 0 Å². The highest BCUT2D eigenvalue weighted by Crippen LogP contribution is 2.36. The molecule has 0 N–H and O–H groups in total. The fraction of sp³-hybridized carbons (Fsp3) is 0.263. The van der Waals surface area contributed by atoms with Crippen LogP contribution in [0, 0.1) is 5.82 Å². The molecular weight excluding hydrogens is 357 g/mol. The maximum Gasteiger partial charge on any atom is 0.236 e. The Balaban J connectivity index is 1.70. The minimum absolute atomic E-state index is 0.0143. The Hall–Kier alpha value is -1.63. The van der Waals surface area contributed by atoms with E-state index >= 15 is 0 Å². The summed E-state index contributed by atoms with van der Waals surface area (Å²) in [4.78, 5) is 0. The molecule has 3 nitrogen and oxygen atoms in total. The highest BCUT2D eigenvalue weighted by molar-refractivity contribution is 7.99. The Labute approximate surface area is 152 Å². The second-order valence-corrected chi connectivity index (χ2v) is 8.96.